The highest BCUT2D eigenvalue weighted by atomic mass is 16.5. The fourth-order valence-electron chi connectivity index (χ4n) is 3.69. The first kappa shape index (κ1) is 18.1. The van der Waals surface area contributed by atoms with Crippen molar-refractivity contribution in [1.29, 1.82) is 0 Å². The van der Waals surface area contributed by atoms with Crippen LogP contribution in [0.25, 0.3) is 0 Å². The fourth-order valence-corrected chi connectivity index (χ4v) is 3.69. The van der Waals surface area contributed by atoms with Gasteiger partial charge in [-0.2, -0.15) is 0 Å². The molecule has 2 aliphatic heterocycles. The number of hydrogen-bond donors (Lipinski definition) is 3. The van der Waals surface area contributed by atoms with Crippen LogP contribution in [0.15, 0.2) is 71.1 Å². The van der Waals surface area contributed by atoms with Crippen LogP contribution in [0.2, 0.25) is 0 Å². The van der Waals surface area contributed by atoms with Gasteiger partial charge in [-0.25, -0.2) is 10.4 Å². The Labute approximate surface area is 159 Å². The molecule has 0 aromatic heterocycles. The minimum Gasteiger partial charge on any atom is -0.465 e. The smallest absolute Gasteiger partial charge is 0.145 e. The number of hydrazine groups is 1. The first-order chi connectivity index (χ1) is 13.0. The number of ether oxygens (including phenoxy) is 1. The number of allylic oxidation sites excluding steroid dienone is 3. The lowest BCUT2D eigenvalue weighted by Crippen LogP contribution is -2.64. The van der Waals surface area contributed by atoms with E-state index in [1.807, 2.05) is 62.4 Å². The van der Waals surface area contributed by atoms with E-state index in [2.05, 4.69) is 5.43 Å². The fraction of sp³-hybridized carbons (Fsp3) is 0.381. The van der Waals surface area contributed by atoms with Crippen molar-refractivity contribution in [3.63, 3.8) is 0 Å². The van der Waals surface area contributed by atoms with Gasteiger partial charge >= 0.3 is 0 Å². The molecule has 0 saturated heterocycles. The molecule has 6 heteroatoms. The van der Waals surface area contributed by atoms with Crippen molar-refractivity contribution in [2.75, 3.05) is 6.54 Å². The molecule has 6 nitrogen and oxygen atoms in total. The highest BCUT2D eigenvalue weighted by Gasteiger charge is 2.44. The van der Waals surface area contributed by atoms with Gasteiger partial charge in [-0.05, 0) is 31.6 Å². The van der Waals surface area contributed by atoms with Gasteiger partial charge in [-0.15, -0.1) is 0 Å². The molecule has 2 unspecified atom stereocenters. The first-order valence-electron chi connectivity index (χ1n) is 9.22. The Morgan fingerprint density at radius 3 is 2.89 bits per heavy atom. The monoisotopic (exact) mass is 367 g/mol. The molecular weight excluding hydrogens is 342 g/mol. The van der Waals surface area contributed by atoms with E-state index in [4.69, 9.17) is 9.73 Å². The van der Waals surface area contributed by atoms with E-state index in [-0.39, 0.29) is 12.6 Å². The summed E-state index contributed by atoms with van der Waals surface area (Å²) in [6, 6.07) is 9.26. The van der Waals surface area contributed by atoms with E-state index in [1.165, 1.54) is 0 Å². The third-order valence-corrected chi connectivity index (χ3v) is 5.19. The number of nitrogens with one attached hydrogen (secondary N) is 1. The molecule has 0 spiro atoms. The summed E-state index contributed by atoms with van der Waals surface area (Å²) in [6.07, 6.45) is 6.69. The Morgan fingerprint density at radius 2 is 2.11 bits per heavy atom. The van der Waals surface area contributed by atoms with Crippen molar-refractivity contribution in [3.8, 4) is 0 Å². The molecule has 1 aromatic carbocycles. The van der Waals surface area contributed by atoms with Gasteiger partial charge in [0.1, 0.15) is 12.0 Å². The number of aliphatic hydroxyl groups excluding tert-OH is 2. The molecule has 1 aliphatic carbocycles. The van der Waals surface area contributed by atoms with E-state index in [0.29, 0.717) is 6.42 Å². The van der Waals surface area contributed by atoms with Gasteiger partial charge in [-0.1, -0.05) is 36.4 Å². The molecule has 1 aromatic rings. The lowest BCUT2D eigenvalue weighted by Gasteiger charge is -2.47. The number of hydrogen-bond acceptors (Lipinski definition) is 6. The minimum atomic E-state index is -0.837. The van der Waals surface area contributed by atoms with Crippen molar-refractivity contribution >= 4 is 5.71 Å². The van der Waals surface area contributed by atoms with Gasteiger partial charge in [0.15, 0.2) is 0 Å². The van der Waals surface area contributed by atoms with Gasteiger partial charge < -0.3 is 14.9 Å². The molecule has 0 fully saturated rings. The number of fused-ring (bicyclic) bond motifs is 2. The SMILES string of the molecule is CC1(C)N=C2CC3=CC=COC3=CC2N(NCC(O)c2ccccc2)[C@@H]1O. The van der Waals surface area contributed by atoms with Crippen LogP contribution in [0.5, 0.6) is 0 Å². The Balaban J connectivity index is 1.58. The Hall–Kier alpha value is -2.25. The van der Waals surface area contributed by atoms with E-state index in [1.54, 1.807) is 11.3 Å². The summed E-state index contributed by atoms with van der Waals surface area (Å²) >= 11 is 0. The zero-order chi connectivity index (χ0) is 19.0. The molecule has 3 N–H and O–H groups in total. The molecule has 0 amide bonds. The van der Waals surface area contributed by atoms with Gasteiger partial charge in [0, 0.05) is 24.3 Å². The molecule has 0 bridgehead atoms. The van der Waals surface area contributed by atoms with Gasteiger partial charge in [0.25, 0.3) is 0 Å². The molecule has 4 rings (SSSR count). The molecule has 2 heterocycles. The second-order valence-corrected chi connectivity index (χ2v) is 7.62. The number of nitrogens with zero attached hydrogens (tertiary/aromatic N) is 2. The zero-order valence-electron chi connectivity index (χ0n) is 15.5. The maximum absolute atomic E-state index is 10.9. The Kier molecular flexibility index (Phi) is 4.74. The number of rotatable bonds is 4. The van der Waals surface area contributed by atoms with Crippen LogP contribution in [0.3, 0.4) is 0 Å². The predicted molar refractivity (Wildman–Crippen MR) is 104 cm³/mol. The lowest BCUT2D eigenvalue weighted by atomic mass is 9.88. The van der Waals surface area contributed by atoms with Crippen LogP contribution in [0, 0.1) is 0 Å². The van der Waals surface area contributed by atoms with Gasteiger partial charge in [0.05, 0.1) is 23.9 Å². The molecular formula is C21H25N3O3. The van der Waals surface area contributed by atoms with Crippen LogP contribution in [-0.2, 0) is 4.74 Å². The van der Waals surface area contributed by atoms with Crippen molar-refractivity contribution in [1.82, 2.24) is 10.4 Å². The molecule has 27 heavy (non-hydrogen) atoms. The van der Waals surface area contributed by atoms with Crippen molar-refractivity contribution in [2.45, 2.75) is 44.2 Å². The van der Waals surface area contributed by atoms with E-state index < -0.39 is 17.9 Å². The summed E-state index contributed by atoms with van der Waals surface area (Å²) in [5, 5.41) is 23.2. The molecule has 142 valence electrons. The molecule has 3 aliphatic rings. The van der Waals surface area contributed by atoms with E-state index in [9.17, 15) is 10.2 Å². The summed E-state index contributed by atoms with van der Waals surface area (Å²) in [5.74, 6) is 0.795. The summed E-state index contributed by atoms with van der Waals surface area (Å²) < 4.78 is 5.63. The normalized spacial score (nSPS) is 27.5. The van der Waals surface area contributed by atoms with Gasteiger partial charge in [0.2, 0.25) is 0 Å². The molecule has 3 atom stereocenters. The van der Waals surface area contributed by atoms with E-state index >= 15 is 0 Å². The maximum Gasteiger partial charge on any atom is 0.145 e. The van der Waals surface area contributed by atoms with E-state index in [0.717, 1.165) is 22.6 Å². The van der Waals surface area contributed by atoms with Crippen LogP contribution >= 0.6 is 0 Å². The molecule has 0 radical (unpaired) electrons. The quantitative estimate of drug-likeness (QED) is 0.761. The Morgan fingerprint density at radius 1 is 1.33 bits per heavy atom. The van der Waals surface area contributed by atoms with Crippen LogP contribution in [-0.4, -0.2) is 45.3 Å². The topological polar surface area (TPSA) is 77.3 Å². The molecule has 0 saturated carbocycles. The maximum atomic E-state index is 10.9. The largest absolute Gasteiger partial charge is 0.465 e. The highest BCUT2D eigenvalue weighted by molar-refractivity contribution is 5.96. The second-order valence-electron chi connectivity index (χ2n) is 7.62. The average molecular weight is 367 g/mol. The average Bonchev–Trinajstić information content (AvgIpc) is 2.67. The summed E-state index contributed by atoms with van der Waals surface area (Å²) in [4.78, 5) is 4.80. The number of aliphatic hydroxyl groups is 2. The third kappa shape index (κ3) is 3.49. The Bertz CT molecular complexity index is 826. The summed E-state index contributed by atoms with van der Waals surface area (Å²) in [6.45, 7) is 4.11. The summed E-state index contributed by atoms with van der Waals surface area (Å²) in [7, 11) is 0. The van der Waals surface area contributed by atoms with Crippen LogP contribution < -0.4 is 5.43 Å². The van der Waals surface area contributed by atoms with Crippen molar-refractivity contribution in [2.24, 2.45) is 4.99 Å². The zero-order valence-corrected chi connectivity index (χ0v) is 15.5. The van der Waals surface area contributed by atoms with Crippen LogP contribution in [0.1, 0.15) is 31.9 Å². The third-order valence-electron chi connectivity index (χ3n) is 5.19. The number of aliphatic imine (C=N–C) groups is 1. The van der Waals surface area contributed by atoms with Crippen molar-refractivity contribution in [3.05, 3.63) is 71.7 Å². The number of benzene rings is 1. The van der Waals surface area contributed by atoms with Gasteiger partial charge in [-0.3, -0.25) is 4.99 Å². The summed E-state index contributed by atoms with van der Waals surface area (Å²) in [5.41, 5.74) is 5.47. The van der Waals surface area contributed by atoms with Crippen LogP contribution in [0.4, 0.5) is 0 Å². The first-order valence-corrected chi connectivity index (χ1v) is 9.22. The second kappa shape index (κ2) is 7.05. The predicted octanol–water partition coefficient (Wildman–Crippen LogP) is 2.20. The minimum absolute atomic E-state index is 0.227. The highest BCUT2D eigenvalue weighted by Crippen LogP contribution is 2.35. The lowest BCUT2D eigenvalue weighted by molar-refractivity contribution is -0.0886. The standard InChI is InChI=1S/C21H25N3O3/c1-21(2)20(26)24(22-13-18(25)14-7-4-3-5-8-14)17-12-19-15(9-6-10-27-19)11-16(17)23-21/h3-10,12,17-18,20,22,25-26H,11,13H2,1-2H3/t17?,18?,20-/m1/s1. The van der Waals surface area contributed by atoms with Crippen molar-refractivity contribution < 1.29 is 14.9 Å².